The molecule has 118 valence electrons. The van der Waals surface area contributed by atoms with Crippen LogP contribution in [0, 0.1) is 11.8 Å². The molecule has 1 heterocycles. The molecule has 1 aromatic rings. The fourth-order valence-electron chi connectivity index (χ4n) is 3.81. The molecule has 6 heteroatoms. The van der Waals surface area contributed by atoms with Gasteiger partial charge in [0.15, 0.2) is 0 Å². The summed E-state index contributed by atoms with van der Waals surface area (Å²) < 4.78 is 29.9. The van der Waals surface area contributed by atoms with Crippen molar-refractivity contribution in [2.75, 3.05) is 6.54 Å². The lowest BCUT2D eigenvalue weighted by atomic mass is 9.96. The molecule has 0 spiro atoms. The van der Waals surface area contributed by atoms with E-state index < -0.39 is 10.0 Å². The Morgan fingerprint density at radius 2 is 2.14 bits per heavy atom. The molecule has 21 heavy (non-hydrogen) atoms. The Labute approximate surface area is 127 Å². The van der Waals surface area contributed by atoms with E-state index in [1.165, 1.54) is 19.3 Å². The van der Waals surface area contributed by atoms with E-state index in [2.05, 4.69) is 10.0 Å². The van der Waals surface area contributed by atoms with Crippen molar-refractivity contribution >= 4 is 10.0 Å². The first-order valence-electron chi connectivity index (χ1n) is 7.88. The largest absolute Gasteiger partial charge is 0.352 e. The smallest absolute Gasteiger partial charge is 0.242 e. The fraction of sp³-hybridized carbons (Fsp3) is 0.733. The minimum atomic E-state index is -3.39. The summed E-state index contributed by atoms with van der Waals surface area (Å²) >= 11 is 0. The number of nitrogens with one attached hydrogen (secondary N) is 2. The molecule has 0 amide bonds. The van der Waals surface area contributed by atoms with Crippen LogP contribution in [0.3, 0.4) is 0 Å². The number of hydrogen-bond acceptors (Lipinski definition) is 3. The second kappa shape index (κ2) is 5.74. The summed E-state index contributed by atoms with van der Waals surface area (Å²) in [5.74, 6) is 1.29. The molecule has 2 saturated carbocycles. The second-order valence-corrected chi connectivity index (χ2v) is 8.17. The van der Waals surface area contributed by atoms with E-state index in [4.69, 9.17) is 0 Å². The van der Waals surface area contributed by atoms with Crippen LogP contribution in [0.4, 0.5) is 0 Å². The molecule has 3 atom stereocenters. The maximum Gasteiger partial charge on any atom is 0.242 e. The highest BCUT2D eigenvalue weighted by Gasteiger charge is 2.41. The lowest BCUT2D eigenvalue weighted by molar-refractivity contribution is 0.390. The molecule has 5 nitrogen and oxygen atoms in total. The van der Waals surface area contributed by atoms with Gasteiger partial charge in [-0.3, -0.25) is 0 Å². The van der Waals surface area contributed by atoms with E-state index in [9.17, 15) is 8.42 Å². The summed E-state index contributed by atoms with van der Waals surface area (Å²) in [7, 11) is -1.50. The van der Waals surface area contributed by atoms with Crippen LogP contribution in [-0.2, 0) is 23.6 Å². The van der Waals surface area contributed by atoms with E-state index in [-0.39, 0.29) is 6.04 Å². The van der Waals surface area contributed by atoms with Gasteiger partial charge in [-0.15, -0.1) is 0 Å². The highest BCUT2D eigenvalue weighted by Crippen LogP contribution is 2.44. The highest BCUT2D eigenvalue weighted by molar-refractivity contribution is 7.89. The Morgan fingerprint density at radius 3 is 2.76 bits per heavy atom. The third-order valence-corrected chi connectivity index (χ3v) is 6.45. The van der Waals surface area contributed by atoms with E-state index in [0.29, 0.717) is 17.4 Å². The highest BCUT2D eigenvalue weighted by atomic mass is 32.2. The topological polar surface area (TPSA) is 63.1 Å². The average molecular weight is 311 g/mol. The molecular weight excluding hydrogens is 286 g/mol. The van der Waals surface area contributed by atoms with Gasteiger partial charge >= 0.3 is 0 Å². The van der Waals surface area contributed by atoms with Crippen LogP contribution in [0.5, 0.6) is 0 Å². The second-order valence-electron chi connectivity index (χ2n) is 6.46. The first kappa shape index (κ1) is 15.1. The number of hydrogen-bond donors (Lipinski definition) is 2. The van der Waals surface area contributed by atoms with Crippen LogP contribution in [0.15, 0.2) is 17.2 Å². The van der Waals surface area contributed by atoms with Crippen molar-refractivity contribution in [1.82, 2.24) is 14.6 Å². The molecule has 2 N–H and O–H groups in total. The van der Waals surface area contributed by atoms with Gasteiger partial charge in [0, 0.05) is 31.5 Å². The first-order chi connectivity index (χ1) is 9.99. The van der Waals surface area contributed by atoms with Gasteiger partial charge in [0.05, 0.1) is 4.90 Å². The van der Waals surface area contributed by atoms with Crippen molar-refractivity contribution in [3.63, 3.8) is 0 Å². The zero-order valence-corrected chi connectivity index (χ0v) is 13.6. The van der Waals surface area contributed by atoms with Crippen molar-refractivity contribution in [3.8, 4) is 0 Å². The Morgan fingerprint density at radius 1 is 1.33 bits per heavy atom. The molecule has 3 unspecified atom stereocenters. The lowest BCUT2D eigenvalue weighted by Crippen LogP contribution is -2.38. The number of sulfonamides is 1. The molecule has 2 fully saturated rings. The molecule has 2 bridgehead atoms. The summed E-state index contributed by atoms with van der Waals surface area (Å²) in [6, 6.07) is 1.92. The number of aryl methyl sites for hydroxylation is 1. The molecule has 2 aliphatic rings. The summed E-state index contributed by atoms with van der Waals surface area (Å²) in [5, 5.41) is 3.23. The maximum absolute atomic E-state index is 12.6. The van der Waals surface area contributed by atoms with E-state index in [1.54, 1.807) is 12.3 Å². The van der Waals surface area contributed by atoms with Crippen LogP contribution in [-0.4, -0.2) is 25.6 Å². The summed E-state index contributed by atoms with van der Waals surface area (Å²) in [5.41, 5.74) is 0.991. The number of nitrogens with zero attached hydrogens (tertiary/aromatic N) is 1. The standard InChI is InChI=1S/C15H25N3O2S/c1-3-16-9-13-8-14(10-18(13)2)21(19,20)17-15-7-11-4-5-12(15)6-11/h8,10-12,15-17H,3-7,9H2,1-2H3. The van der Waals surface area contributed by atoms with Gasteiger partial charge in [0.1, 0.15) is 0 Å². The first-order valence-corrected chi connectivity index (χ1v) is 9.36. The van der Waals surface area contributed by atoms with Crippen molar-refractivity contribution < 1.29 is 8.42 Å². The Hall–Kier alpha value is -0.850. The van der Waals surface area contributed by atoms with Gasteiger partial charge in [-0.1, -0.05) is 13.3 Å². The van der Waals surface area contributed by atoms with Crippen LogP contribution in [0.1, 0.15) is 38.3 Å². The van der Waals surface area contributed by atoms with Crippen LogP contribution < -0.4 is 10.0 Å². The Bertz CT molecular complexity index is 608. The third kappa shape index (κ3) is 3.03. The van der Waals surface area contributed by atoms with Crippen molar-refractivity contribution in [1.29, 1.82) is 0 Å². The van der Waals surface area contributed by atoms with E-state index in [0.717, 1.165) is 24.6 Å². The van der Waals surface area contributed by atoms with Gasteiger partial charge in [-0.25, -0.2) is 13.1 Å². The predicted octanol–water partition coefficient (Wildman–Crippen LogP) is 1.60. The molecule has 0 radical (unpaired) electrons. The Kier molecular flexibility index (Phi) is 4.12. The summed E-state index contributed by atoms with van der Waals surface area (Å²) in [4.78, 5) is 0.390. The fourth-order valence-corrected chi connectivity index (χ4v) is 5.22. The van der Waals surface area contributed by atoms with E-state index >= 15 is 0 Å². The SMILES string of the molecule is CCNCc1cc(S(=O)(=O)NC2CC3CCC2C3)cn1C. The quantitative estimate of drug-likeness (QED) is 0.839. The molecule has 3 rings (SSSR count). The van der Waals surface area contributed by atoms with Crippen LogP contribution >= 0.6 is 0 Å². The normalized spacial score (nSPS) is 28.4. The zero-order valence-electron chi connectivity index (χ0n) is 12.8. The molecule has 1 aromatic heterocycles. The molecular formula is C15H25N3O2S. The predicted molar refractivity (Wildman–Crippen MR) is 82.4 cm³/mol. The minimum Gasteiger partial charge on any atom is -0.352 e. The Balaban J connectivity index is 1.72. The number of rotatable bonds is 6. The minimum absolute atomic E-state index is 0.145. The van der Waals surface area contributed by atoms with Gasteiger partial charge in [0.25, 0.3) is 0 Å². The summed E-state index contributed by atoms with van der Waals surface area (Å²) in [6.45, 7) is 3.60. The van der Waals surface area contributed by atoms with Crippen LogP contribution in [0.2, 0.25) is 0 Å². The van der Waals surface area contributed by atoms with E-state index in [1.807, 2.05) is 18.5 Å². The monoisotopic (exact) mass is 311 g/mol. The molecule has 0 aliphatic heterocycles. The number of fused-ring (bicyclic) bond motifs is 2. The maximum atomic E-state index is 12.6. The van der Waals surface area contributed by atoms with Crippen LogP contribution in [0.25, 0.3) is 0 Å². The molecule has 0 saturated heterocycles. The zero-order chi connectivity index (χ0) is 15.0. The van der Waals surface area contributed by atoms with Crippen molar-refractivity contribution in [2.24, 2.45) is 18.9 Å². The number of aromatic nitrogens is 1. The van der Waals surface area contributed by atoms with Gasteiger partial charge in [0.2, 0.25) is 10.0 Å². The summed E-state index contributed by atoms with van der Waals surface area (Å²) in [6.07, 6.45) is 6.39. The van der Waals surface area contributed by atoms with Crippen molar-refractivity contribution in [2.45, 2.75) is 50.1 Å². The van der Waals surface area contributed by atoms with Gasteiger partial charge in [-0.05, 0) is 43.7 Å². The lowest BCUT2D eigenvalue weighted by Gasteiger charge is -2.22. The molecule has 0 aromatic carbocycles. The van der Waals surface area contributed by atoms with Gasteiger partial charge < -0.3 is 9.88 Å². The average Bonchev–Trinajstić information content (AvgIpc) is 3.11. The molecule has 2 aliphatic carbocycles. The van der Waals surface area contributed by atoms with Gasteiger partial charge in [-0.2, -0.15) is 0 Å². The third-order valence-electron chi connectivity index (χ3n) is 4.99. The van der Waals surface area contributed by atoms with Crippen molar-refractivity contribution in [3.05, 3.63) is 18.0 Å².